The van der Waals surface area contributed by atoms with Crippen molar-refractivity contribution in [3.8, 4) is 6.07 Å². The smallest absolute Gasteiger partial charge is 0.129 e. The van der Waals surface area contributed by atoms with Gasteiger partial charge in [-0.3, -0.25) is 0 Å². The van der Waals surface area contributed by atoms with Crippen LogP contribution in [-0.2, 0) is 0 Å². The predicted octanol–water partition coefficient (Wildman–Crippen LogP) is 3.04. The molecule has 0 aliphatic carbocycles. The summed E-state index contributed by atoms with van der Waals surface area (Å²) in [4.78, 5) is 8.97. The SMILES string of the molecule is N#Cc1ccnc(N2CCN(c3ccc(Br)cc3)CC2)c1. The van der Waals surface area contributed by atoms with Crippen molar-refractivity contribution < 1.29 is 0 Å². The zero-order chi connectivity index (χ0) is 14.7. The Kier molecular flexibility index (Phi) is 4.07. The lowest BCUT2D eigenvalue weighted by atomic mass is 10.2. The molecule has 0 unspecified atom stereocenters. The Morgan fingerprint density at radius 1 is 1.00 bits per heavy atom. The first-order chi connectivity index (χ1) is 10.3. The molecule has 106 valence electrons. The first-order valence-corrected chi connectivity index (χ1v) is 7.67. The Labute approximate surface area is 132 Å². The number of aromatic nitrogens is 1. The molecule has 0 radical (unpaired) electrons. The van der Waals surface area contributed by atoms with Crippen LogP contribution >= 0.6 is 15.9 Å². The van der Waals surface area contributed by atoms with Gasteiger partial charge in [-0.15, -0.1) is 0 Å². The maximum absolute atomic E-state index is 8.97. The molecule has 2 aromatic rings. The van der Waals surface area contributed by atoms with Gasteiger partial charge in [-0.25, -0.2) is 4.98 Å². The number of hydrogen-bond donors (Lipinski definition) is 0. The fourth-order valence-electron chi connectivity index (χ4n) is 2.51. The van der Waals surface area contributed by atoms with Crippen LogP contribution in [0.4, 0.5) is 11.5 Å². The summed E-state index contributed by atoms with van der Waals surface area (Å²) in [5, 5.41) is 8.97. The van der Waals surface area contributed by atoms with E-state index in [1.165, 1.54) is 5.69 Å². The lowest BCUT2D eigenvalue weighted by Gasteiger charge is -2.36. The number of halogens is 1. The Morgan fingerprint density at radius 2 is 1.67 bits per heavy atom. The highest BCUT2D eigenvalue weighted by Gasteiger charge is 2.18. The summed E-state index contributed by atoms with van der Waals surface area (Å²) in [6.07, 6.45) is 1.70. The van der Waals surface area contributed by atoms with E-state index in [4.69, 9.17) is 5.26 Å². The fraction of sp³-hybridized carbons (Fsp3) is 0.250. The summed E-state index contributed by atoms with van der Waals surface area (Å²) in [5.41, 5.74) is 1.91. The van der Waals surface area contributed by atoms with Crippen molar-refractivity contribution in [1.82, 2.24) is 4.98 Å². The molecule has 1 aromatic heterocycles. The summed E-state index contributed by atoms with van der Waals surface area (Å²) in [5.74, 6) is 0.893. The molecule has 2 heterocycles. The van der Waals surface area contributed by atoms with Gasteiger partial charge in [-0.1, -0.05) is 15.9 Å². The zero-order valence-corrected chi connectivity index (χ0v) is 13.1. The van der Waals surface area contributed by atoms with Crippen LogP contribution in [0.2, 0.25) is 0 Å². The molecule has 3 rings (SSSR count). The Balaban J connectivity index is 1.67. The van der Waals surface area contributed by atoms with Crippen molar-refractivity contribution >= 4 is 27.4 Å². The summed E-state index contributed by atoms with van der Waals surface area (Å²) in [7, 11) is 0. The van der Waals surface area contributed by atoms with Gasteiger partial charge in [0, 0.05) is 42.5 Å². The van der Waals surface area contributed by atoms with Gasteiger partial charge in [0.15, 0.2) is 0 Å². The molecular weight excluding hydrogens is 328 g/mol. The van der Waals surface area contributed by atoms with Crippen molar-refractivity contribution in [2.24, 2.45) is 0 Å². The van der Waals surface area contributed by atoms with Crippen molar-refractivity contribution in [2.75, 3.05) is 36.0 Å². The van der Waals surface area contributed by atoms with E-state index in [-0.39, 0.29) is 0 Å². The summed E-state index contributed by atoms with van der Waals surface area (Å²) in [6, 6.07) is 14.2. The normalized spacial score (nSPS) is 14.9. The van der Waals surface area contributed by atoms with Crippen LogP contribution in [0.15, 0.2) is 47.1 Å². The van der Waals surface area contributed by atoms with Crippen LogP contribution in [-0.4, -0.2) is 31.2 Å². The molecule has 1 aromatic carbocycles. The second-order valence-electron chi connectivity index (χ2n) is 4.97. The number of pyridine rings is 1. The first-order valence-electron chi connectivity index (χ1n) is 6.88. The molecule has 0 amide bonds. The molecule has 0 atom stereocenters. The van der Waals surface area contributed by atoms with Gasteiger partial charge in [0.2, 0.25) is 0 Å². The number of rotatable bonds is 2. The molecule has 1 aliphatic heterocycles. The summed E-state index contributed by atoms with van der Waals surface area (Å²) >= 11 is 3.46. The molecule has 0 spiro atoms. The molecule has 0 bridgehead atoms. The first kappa shape index (κ1) is 13.9. The highest BCUT2D eigenvalue weighted by Crippen LogP contribution is 2.21. The van der Waals surface area contributed by atoms with E-state index in [0.717, 1.165) is 36.5 Å². The Bertz CT molecular complexity index is 655. The third kappa shape index (κ3) is 3.17. The van der Waals surface area contributed by atoms with Crippen LogP contribution in [0.5, 0.6) is 0 Å². The standard InChI is InChI=1S/C16H15BrN4/c17-14-1-3-15(4-2-14)20-7-9-21(10-8-20)16-11-13(12-18)5-6-19-16/h1-6,11H,7-10H2. The maximum atomic E-state index is 8.97. The van der Waals surface area contributed by atoms with E-state index in [1.54, 1.807) is 12.3 Å². The van der Waals surface area contributed by atoms with E-state index in [2.05, 4.69) is 61.0 Å². The number of nitriles is 1. The summed E-state index contributed by atoms with van der Waals surface area (Å²) in [6.45, 7) is 3.75. The van der Waals surface area contributed by atoms with Gasteiger partial charge in [0.05, 0.1) is 11.6 Å². The van der Waals surface area contributed by atoms with Gasteiger partial charge in [0.1, 0.15) is 5.82 Å². The minimum absolute atomic E-state index is 0.662. The van der Waals surface area contributed by atoms with Crippen LogP contribution in [0.25, 0.3) is 0 Å². The maximum Gasteiger partial charge on any atom is 0.129 e. The van der Waals surface area contributed by atoms with E-state index in [0.29, 0.717) is 5.56 Å². The molecule has 1 aliphatic rings. The third-order valence-corrected chi connectivity index (χ3v) is 4.20. The number of benzene rings is 1. The number of nitrogens with zero attached hydrogens (tertiary/aromatic N) is 4. The average Bonchev–Trinajstić information content (AvgIpc) is 2.56. The fourth-order valence-corrected chi connectivity index (χ4v) is 2.77. The number of anilines is 2. The largest absolute Gasteiger partial charge is 0.368 e. The van der Waals surface area contributed by atoms with Gasteiger partial charge in [0.25, 0.3) is 0 Å². The van der Waals surface area contributed by atoms with Crippen molar-refractivity contribution in [2.45, 2.75) is 0 Å². The highest BCUT2D eigenvalue weighted by atomic mass is 79.9. The van der Waals surface area contributed by atoms with Gasteiger partial charge < -0.3 is 9.80 Å². The van der Waals surface area contributed by atoms with E-state index in [9.17, 15) is 0 Å². The average molecular weight is 343 g/mol. The molecule has 0 N–H and O–H groups in total. The van der Waals surface area contributed by atoms with Crippen LogP contribution < -0.4 is 9.80 Å². The molecule has 21 heavy (non-hydrogen) atoms. The minimum Gasteiger partial charge on any atom is -0.368 e. The Morgan fingerprint density at radius 3 is 2.33 bits per heavy atom. The van der Waals surface area contributed by atoms with Gasteiger partial charge >= 0.3 is 0 Å². The van der Waals surface area contributed by atoms with Crippen LogP contribution in [0, 0.1) is 11.3 Å². The quantitative estimate of drug-likeness (QED) is 0.841. The number of piperazine rings is 1. The van der Waals surface area contributed by atoms with Crippen LogP contribution in [0.3, 0.4) is 0 Å². The van der Waals surface area contributed by atoms with Gasteiger partial charge in [-0.05, 0) is 36.4 Å². The molecular formula is C16H15BrN4. The van der Waals surface area contributed by atoms with Gasteiger partial charge in [-0.2, -0.15) is 5.26 Å². The van der Waals surface area contributed by atoms with Crippen molar-refractivity contribution in [1.29, 1.82) is 5.26 Å². The second-order valence-corrected chi connectivity index (χ2v) is 5.88. The molecule has 0 saturated carbocycles. The molecule has 1 fully saturated rings. The van der Waals surface area contributed by atoms with E-state index < -0.39 is 0 Å². The lowest BCUT2D eigenvalue weighted by Crippen LogP contribution is -2.46. The topological polar surface area (TPSA) is 43.2 Å². The minimum atomic E-state index is 0.662. The summed E-state index contributed by atoms with van der Waals surface area (Å²) < 4.78 is 1.10. The number of hydrogen-bond acceptors (Lipinski definition) is 4. The van der Waals surface area contributed by atoms with Crippen LogP contribution in [0.1, 0.15) is 5.56 Å². The predicted molar refractivity (Wildman–Crippen MR) is 87.5 cm³/mol. The molecule has 4 nitrogen and oxygen atoms in total. The zero-order valence-electron chi connectivity index (χ0n) is 11.5. The Hall–Kier alpha value is -2.06. The van der Waals surface area contributed by atoms with Crippen molar-refractivity contribution in [3.63, 3.8) is 0 Å². The lowest BCUT2D eigenvalue weighted by molar-refractivity contribution is 0.647. The second kappa shape index (κ2) is 6.15. The van der Waals surface area contributed by atoms with E-state index >= 15 is 0 Å². The van der Waals surface area contributed by atoms with Crippen molar-refractivity contribution in [3.05, 3.63) is 52.6 Å². The molecule has 1 saturated heterocycles. The third-order valence-electron chi connectivity index (χ3n) is 3.67. The molecule has 5 heteroatoms. The monoisotopic (exact) mass is 342 g/mol. The van der Waals surface area contributed by atoms with E-state index in [1.807, 2.05) is 6.07 Å². The highest BCUT2D eigenvalue weighted by molar-refractivity contribution is 9.10.